The fraction of sp³-hybridized carbons (Fsp3) is 0.571. The molecule has 0 unspecified atom stereocenters. The number of carbonyl (C=O) groups excluding carboxylic acids is 1. The maximum Gasteiger partial charge on any atom is 0.313 e. The summed E-state index contributed by atoms with van der Waals surface area (Å²) in [7, 11) is 0. The summed E-state index contributed by atoms with van der Waals surface area (Å²) in [5.41, 5.74) is -0.684. The van der Waals surface area contributed by atoms with Crippen LogP contribution in [0.3, 0.4) is 0 Å². The monoisotopic (exact) mass is 293 g/mol. The molecule has 1 fully saturated rings. The highest BCUT2D eigenvalue weighted by molar-refractivity contribution is 5.78. The van der Waals surface area contributed by atoms with Crippen molar-refractivity contribution < 1.29 is 14.5 Å². The maximum atomic E-state index is 12.2. The van der Waals surface area contributed by atoms with Gasteiger partial charge in [-0.25, -0.2) is 4.98 Å². The minimum Gasteiger partial charge on any atom is -0.466 e. The number of anilines is 1. The number of nitrogens with zero attached hydrogens (tertiary/aromatic N) is 2. The van der Waals surface area contributed by atoms with E-state index >= 15 is 0 Å². The number of hydrogen-bond acceptors (Lipinski definition) is 6. The Hall–Kier alpha value is -2.18. The maximum absolute atomic E-state index is 12.2. The van der Waals surface area contributed by atoms with Crippen LogP contribution in [0.25, 0.3) is 0 Å². The van der Waals surface area contributed by atoms with Gasteiger partial charge in [-0.2, -0.15) is 0 Å². The number of ether oxygens (including phenoxy) is 1. The summed E-state index contributed by atoms with van der Waals surface area (Å²) in [5.74, 6) is -0.0355. The topological polar surface area (TPSA) is 94.4 Å². The Kier molecular flexibility index (Phi) is 4.72. The largest absolute Gasteiger partial charge is 0.466 e. The number of aromatic nitrogens is 1. The Balaban J connectivity index is 2.13. The second-order valence-electron chi connectivity index (χ2n) is 5.19. The van der Waals surface area contributed by atoms with Gasteiger partial charge in [0.2, 0.25) is 5.82 Å². The molecule has 0 aromatic carbocycles. The molecule has 1 saturated carbocycles. The summed E-state index contributed by atoms with van der Waals surface area (Å²) in [4.78, 5) is 26.7. The third kappa shape index (κ3) is 3.29. The summed E-state index contributed by atoms with van der Waals surface area (Å²) in [6, 6.07) is 2.90. The van der Waals surface area contributed by atoms with Gasteiger partial charge in [0.05, 0.1) is 16.9 Å². The summed E-state index contributed by atoms with van der Waals surface area (Å²) < 4.78 is 5.16. The summed E-state index contributed by atoms with van der Waals surface area (Å²) in [6.07, 6.45) is 4.88. The van der Waals surface area contributed by atoms with E-state index in [1.807, 2.05) is 0 Å². The first-order valence-electron chi connectivity index (χ1n) is 7.09. The Morgan fingerprint density at radius 2 is 2.24 bits per heavy atom. The van der Waals surface area contributed by atoms with E-state index in [0.717, 1.165) is 25.7 Å². The molecule has 0 bridgehead atoms. The zero-order valence-electron chi connectivity index (χ0n) is 12.0. The fourth-order valence-electron chi connectivity index (χ4n) is 2.72. The van der Waals surface area contributed by atoms with Crippen LogP contribution in [0.2, 0.25) is 0 Å². The molecule has 0 saturated heterocycles. The van der Waals surface area contributed by atoms with Crippen LogP contribution in [-0.2, 0) is 9.53 Å². The van der Waals surface area contributed by atoms with Crippen LogP contribution in [-0.4, -0.2) is 29.0 Å². The second-order valence-corrected chi connectivity index (χ2v) is 5.19. The van der Waals surface area contributed by atoms with Crippen molar-refractivity contribution in [3.8, 4) is 0 Å². The molecule has 0 atom stereocenters. The highest BCUT2D eigenvalue weighted by atomic mass is 16.6. The Morgan fingerprint density at radius 3 is 2.86 bits per heavy atom. The zero-order valence-corrected chi connectivity index (χ0v) is 12.0. The first-order valence-corrected chi connectivity index (χ1v) is 7.09. The van der Waals surface area contributed by atoms with Gasteiger partial charge in [-0.05, 0) is 25.8 Å². The van der Waals surface area contributed by atoms with Crippen molar-refractivity contribution in [3.63, 3.8) is 0 Å². The molecule has 7 nitrogen and oxygen atoms in total. The van der Waals surface area contributed by atoms with Crippen molar-refractivity contribution >= 4 is 17.5 Å². The predicted octanol–water partition coefficient (Wildman–Crippen LogP) is 2.53. The number of pyridine rings is 1. The molecule has 1 heterocycles. The highest BCUT2D eigenvalue weighted by Crippen LogP contribution is 2.39. The second kappa shape index (κ2) is 6.51. The van der Waals surface area contributed by atoms with E-state index in [0.29, 0.717) is 13.2 Å². The van der Waals surface area contributed by atoms with E-state index in [4.69, 9.17) is 4.74 Å². The van der Waals surface area contributed by atoms with E-state index in [9.17, 15) is 14.9 Å². The molecule has 7 heteroatoms. The van der Waals surface area contributed by atoms with Crippen LogP contribution in [0, 0.1) is 15.5 Å². The standard InChI is InChI=1S/C14H19N3O4/c1-2-21-13(18)14(7-3-4-8-14)10-16-12-11(17(19)20)6-5-9-15-12/h5-6,9H,2-4,7-8,10H2,1H3,(H,15,16). The molecular formula is C14H19N3O4. The molecule has 1 N–H and O–H groups in total. The third-order valence-corrected chi connectivity index (χ3v) is 3.85. The molecule has 0 aliphatic heterocycles. The molecular weight excluding hydrogens is 274 g/mol. The lowest BCUT2D eigenvalue weighted by molar-refractivity contribution is -0.384. The van der Waals surface area contributed by atoms with E-state index < -0.39 is 10.3 Å². The number of nitro groups is 1. The van der Waals surface area contributed by atoms with Gasteiger partial charge in [0.15, 0.2) is 0 Å². The quantitative estimate of drug-likeness (QED) is 0.492. The van der Waals surface area contributed by atoms with Crippen LogP contribution >= 0.6 is 0 Å². The van der Waals surface area contributed by atoms with Crippen LogP contribution in [0.5, 0.6) is 0 Å². The molecule has 2 rings (SSSR count). The van der Waals surface area contributed by atoms with Gasteiger partial charge in [-0.15, -0.1) is 0 Å². The Labute approximate surface area is 122 Å². The first-order chi connectivity index (χ1) is 10.1. The van der Waals surface area contributed by atoms with Crippen LogP contribution < -0.4 is 5.32 Å². The Bertz CT molecular complexity index is 527. The average Bonchev–Trinajstić information content (AvgIpc) is 2.96. The minimum atomic E-state index is -0.596. The molecule has 21 heavy (non-hydrogen) atoms. The normalized spacial score (nSPS) is 16.4. The van der Waals surface area contributed by atoms with Gasteiger partial charge < -0.3 is 10.1 Å². The molecule has 0 amide bonds. The SMILES string of the molecule is CCOC(=O)C1(CNc2ncccc2[N+](=O)[O-])CCCC1. The molecule has 0 spiro atoms. The van der Waals surface area contributed by atoms with Crippen LogP contribution in [0.15, 0.2) is 18.3 Å². The lowest BCUT2D eigenvalue weighted by atomic mass is 9.86. The number of hydrogen-bond donors (Lipinski definition) is 1. The van der Waals surface area contributed by atoms with Crippen LogP contribution in [0.1, 0.15) is 32.6 Å². The third-order valence-electron chi connectivity index (χ3n) is 3.85. The van der Waals surface area contributed by atoms with E-state index in [1.165, 1.54) is 18.3 Å². The van der Waals surface area contributed by atoms with Crippen molar-refractivity contribution in [3.05, 3.63) is 28.4 Å². The highest BCUT2D eigenvalue weighted by Gasteiger charge is 2.42. The van der Waals surface area contributed by atoms with Gasteiger partial charge in [0.1, 0.15) is 0 Å². The lowest BCUT2D eigenvalue weighted by Gasteiger charge is -2.26. The van der Waals surface area contributed by atoms with Gasteiger partial charge >= 0.3 is 11.7 Å². The fourth-order valence-corrected chi connectivity index (χ4v) is 2.72. The van der Waals surface area contributed by atoms with E-state index in [2.05, 4.69) is 10.3 Å². The number of esters is 1. The Morgan fingerprint density at radius 1 is 1.52 bits per heavy atom. The predicted molar refractivity (Wildman–Crippen MR) is 76.9 cm³/mol. The average molecular weight is 293 g/mol. The van der Waals surface area contributed by atoms with Crippen molar-refractivity contribution in [2.45, 2.75) is 32.6 Å². The number of nitrogens with one attached hydrogen (secondary N) is 1. The smallest absolute Gasteiger partial charge is 0.313 e. The van der Waals surface area contributed by atoms with Gasteiger partial charge in [0.25, 0.3) is 0 Å². The van der Waals surface area contributed by atoms with Crippen molar-refractivity contribution in [1.29, 1.82) is 0 Å². The van der Waals surface area contributed by atoms with E-state index in [-0.39, 0.29) is 17.5 Å². The number of rotatable bonds is 6. The molecule has 0 radical (unpaired) electrons. The molecule has 1 aliphatic carbocycles. The van der Waals surface area contributed by atoms with E-state index in [1.54, 1.807) is 6.92 Å². The summed E-state index contributed by atoms with van der Waals surface area (Å²) >= 11 is 0. The zero-order chi connectivity index (χ0) is 15.3. The van der Waals surface area contributed by atoms with Gasteiger partial charge in [0, 0.05) is 18.8 Å². The molecule has 114 valence electrons. The van der Waals surface area contributed by atoms with Crippen molar-refractivity contribution in [2.24, 2.45) is 5.41 Å². The van der Waals surface area contributed by atoms with Crippen molar-refractivity contribution in [2.75, 3.05) is 18.5 Å². The molecule has 1 aromatic heterocycles. The minimum absolute atomic E-state index is 0.0884. The summed E-state index contributed by atoms with van der Waals surface area (Å²) in [6.45, 7) is 2.42. The number of carbonyl (C=O) groups is 1. The van der Waals surface area contributed by atoms with Gasteiger partial charge in [-0.3, -0.25) is 14.9 Å². The summed E-state index contributed by atoms with van der Waals surface area (Å²) in [5, 5.41) is 13.9. The lowest BCUT2D eigenvalue weighted by Crippen LogP contribution is -2.37. The first kappa shape index (κ1) is 15.2. The molecule has 1 aromatic rings. The van der Waals surface area contributed by atoms with Crippen LogP contribution in [0.4, 0.5) is 11.5 Å². The molecule has 1 aliphatic rings. The van der Waals surface area contributed by atoms with Gasteiger partial charge in [-0.1, -0.05) is 12.8 Å². The van der Waals surface area contributed by atoms with Crippen molar-refractivity contribution in [1.82, 2.24) is 4.98 Å².